The van der Waals surface area contributed by atoms with Crippen molar-refractivity contribution in [2.45, 2.75) is 37.6 Å². The zero-order valence-corrected chi connectivity index (χ0v) is 7.16. The molecule has 1 fully saturated rings. The lowest BCUT2D eigenvalue weighted by molar-refractivity contribution is 0.277. The molecule has 2 atom stereocenters. The summed E-state index contributed by atoms with van der Waals surface area (Å²) in [6.45, 7) is 2.10. The molecule has 0 aromatic carbocycles. The molecule has 4 nitrogen and oxygen atoms in total. The average Bonchev–Trinajstić information content (AvgIpc) is 2.62. The predicted molar refractivity (Wildman–Crippen MR) is 43.5 cm³/mol. The van der Waals surface area contributed by atoms with Crippen LogP contribution in [0.3, 0.4) is 0 Å². The fourth-order valence-electron chi connectivity index (χ4n) is 1.88. The van der Waals surface area contributed by atoms with E-state index in [2.05, 4.69) is 17.1 Å². The van der Waals surface area contributed by atoms with Gasteiger partial charge in [-0.05, 0) is 19.8 Å². The zero-order chi connectivity index (χ0) is 8.60. The van der Waals surface area contributed by atoms with Crippen molar-refractivity contribution in [3.05, 3.63) is 12.2 Å². The number of nitrogens with two attached hydrogens (primary N) is 1. The standard InChI is InChI=1S/C8H13N3O/c1-8(4-2-3-6(8)9)7-10-5-11-12-7/h5-6H,2-4,9H2,1H3. The first-order valence-corrected chi connectivity index (χ1v) is 4.26. The second kappa shape index (κ2) is 2.55. The topological polar surface area (TPSA) is 64.9 Å². The van der Waals surface area contributed by atoms with Gasteiger partial charge in [-0.1, -0.05) is 11.6 Å². The maximum Gasteiger partial charge on any atom is 0.233 e. The monoisotopic (exact) mass is 167 g/mol. The number of hydrogen-bond acceptors (Lipinski definition) is 4. The van der Waals surface area contributed by atoms with Crippen LogP contribution in [0.2, 0.25) is 0 Å². The van der Waals surface area contributed by atoms with Crippen LogP contribution in [0.25, 0.3) is 0 Å². The summed E-state index contributed by atoms with van der Waals surface area (Å²) in [6, 6.07) is 0.165. The first kappa shape index (κ1) is 7.73. The normalized spacial score (nSPS) is 35.7. The second-order valence-corrected chi connectivity index (χ2v) is 3.66. The lowest BCUT2D eigenvalue weighted by Crippen LogP contribution is -2.38. The van der Waals surface area contributed by atoms with Gasteiger partial charge in [-0.15, -0.1) is 0 Å². The van der Waals surface area contributed by atoms with E-state index in [1.807, 2.05) is 0 Å². The van der Waals surface area contributed by atoms with Crippen molar-refractivity contribution < 1.29 is 4.52 Å². The average molecular weight is 167 g/mol. The Hall–Kier alpha value is -0.900. The molecule has 1 aromatic heterocycles. The maximum absolute atomic E-state index is 5.98. The van der Waals surface area contributed by atoms with Crippen LogP contribution >= 0.6 is 0 Å². The summed E-state index contributed by atoms with van der Waals surface area (Å²) in [5.41, 5.74) is 5.89. The molecule has 0 saturated heterocycles. The number of nitrogens with zero attached hydrogens (tertiary/aromatic N) is 2. The van der Waals surface area contributed by atoms with Gasteiger partial charge in [0.05, 0.1) is 5.41 Å². The third-order valence-electron chi connectivity index (χ3n) is 2.88. The van der Waals surface area contributed by atoms with Gasteiger partial charge in [-0.3, -0.25) is 0 Å². The van der Waals surface area contributed by atoms with Crippen molar-refractivity contribution in [3.63, 3.8) is 0 Å². The Morgan fingerprint density at radius 2 is 2.58 bits per heavy atom. The van der Waals surface area contributed by atoms with E-state index in [4.69, 9.17) is 10.3 Å². The molecular weight excluding hydrogens is 154 g/mol. The maximum atomic E-state index is 5.98. The Balaban J connectivity index is 2.32. The molecule has 1 aromatic rings. The van der Waals surface area contributed by atoms with Gasteiger partial charge in [-0.25, -0.2) is 0 Å². The van der Waals surface area contributed by atoms with Crippen LogP contribution in [-0.4, -0.2) is 16.2 Å². The van der Waals surface area contributed by atoms with E-state index in [1.165, 1.54) is 6.33 Å². The molecule has 0 amide bonds. The van der Waals surface area contributed by atoms with Gasteiger partial charge in [-0.2, -0.15) is 4.98 Å². The molecule has 0 spiro atoms. The third kappa shape index (κ3) is 0.948. The molecule has 4 heteroatoms. The van der Waals surface area contributed by atoms with Crippen LogP contribution in [0.4, 0.5) is 0 Å². The van der Waals surface area contributed by atoms with Gasteiger partial charge in [0.15, 0.2) is 6.33 Å². The van der Waals surface area contributed by atoms with E-state index in [0.717, 1.165) is 19.3 Å². The second-order valence-electron chi connectivity index (χ2n) is 3.66. The van der Waals surface area contributed by atoms with Crippen molar-refractivity contribution in [2.75, 3.05) is 0 Å². The number of hydrogen-bond donors (Lipinski definition) is 1. The van der Waals surface area contributed by atoms with Crippen LogP contribution in [0.15, 0.2) is 10.9 Å². The first-order valence-electron chi connectivity index (χ1n) is 4.26. The molecule has 1 aliphatic carbocycles. The Kier molecular flexibility index (Phi) is 1.65. The van der Waals surface area contributed by atoms with Crippen LogP contribution in [0, 0.1) is 0 Å². The molecule has 12 heavy (non-hydrogen) atoms. The number of aromatic nitrogens is 2. The molecule has 1 aliphatic rings. The fraction of sp³-hybridized carbons (Fsp3) is 0.750. The van der Waals surface area contributed by atoms with Gasteiger partial charge in [0, 0.05) is 6.04 Å². The minimum absolute atomic E-state index is 0.0868. The van der Waals surface area contributed by atoms with E-state index in [9.17, 15) is 0 Å². The molecule has 0 aliphatic heterocycles. The van der Waals surface area contributed by atoms with Crippen molar-refractivity contribution >= 4 is 0 Å². The highest BCUT2D eigenvalue weighted by Crippen LogP contribution is 2.38. The van der Waals surface area contributed by atoms with Gasteiger partial charge in [0.25, 0.3) is 0 Å². The molecule has 1 heterocycles. The smallest absolute Gasteiger partial charge is 0.233 e. The van der Waals surface area contributed by atoms with Gasteiger partial charge < -0.3 is 10.3 Å². The van der Waals surface area contributed by atoms with Crippen LogP contribution in [-0.2, 0) is 5.41 Å². The van der Waals surface area contributed by atoms with Crippen LogP contribution < -0.4 is 5.73 Å². The Morgan fingerprint density at radius 3 is 3.08 bits per heavy atom. The summed E-state index contributed by atoms with van der Waals surface area (Å²) in [5.74, 6) is 0.688. The lowest BCUT2D eigenvalue weighted by atomic mass is 9.85. The zero-order valence-electron chi connectivity index (χ0n) is 7.16. The SMILES string of the molecule is CC1(c2ncno2)CCCC1N. The Labute approximate surface area is 71.1 Å². The third-order valence-corrected chi connectivity index (χ3v) is 2.88. The molecule has 66 valence electrons. The highest BCUT2D eigenvalue weighted by Gasteiger charge is 2.42. The van der Waals surface area contributed by atoms with Crippen molar-refractivity contribution in [1.29, 1.82) is 0 Å². The minimum Gasteiger partial charge on any atom is -0.339 e. The van der Waals surface area contributed by atoms with Crippen LogP contribution in [0.5, 0.6) is 0 Å². The molecule has 0 radical (unpaired) electrons. The molecule has 1 saturated carbocycles. The Morgan fingerprint density at radius 1 is 1.75 bits per heavy atom. The van der Waals surface area contributed by atoms with Gasteiger partial charge in [0.2, 0.25) is 5.89 Å². The minimum atomic E-state index is -0.0868. The first-order chi connectivity index (χ1) is 5.73. The van der Waals surface area contributed by atoms with Gasteiger partial charge in [0.1, 0.15) is 0 Å². The van der Waals surface area contributed by atoms with E-state index >= 15 is 0 Å². The van der Waals surface area contributed by atoms with Crippen LogP contribution in [0.1, 0.15) is 32.1 Å². The fourth-order valence-corrected chi connectivity index (χ4v) is 1.88. The molecule has 2 N–H and O–H groups in total. The van der Waals surface area contributed by atoms with E-state index in [-0.39, 0.29) is 11.5 Å². The molecule has 0 bridgehead atoms. The molecule has 2 unspecified atom stereocenters. The molecular formula is C8H13N3O. The summed E-state index contributed by atoms with van der Waals surface area (Å²) in [7, 11) is 0. The predicted octanol–water partition coefficient (Wildman–Crippen LogP) is 0.839. The van der Waals surface area contributed by atoms with Crippen molar-refractivity contribution in [2.24, 2.45) is 5.73 Å². The van der Waals surface area contributed by atoms with Crippen molar-refractivity contribution in [3.8, 4) is 0 Å². The molecule has 2 rings (SSSR count). The summed E-state index contributed by atoms with van der Waals surface area (Å²) in [4.78, 5) is 4.06. The lowest BCUT2D eigenvalue weighted by Gasteiger charge is -2.23. The highest BCUT2D eigenvalue weighted by atomic mass is 16.5. The Bertz CT molecular complexity index is 259. The van der Waals surface area contributed by atoms with Crippen molar-refractivity contribution in [1.82, 2.24) is 10.1 Å². The highest BCUT2D eigenvalue weighted by molar-refractivity contribution is 5.10. The largest absolute Gasteiger partial charge is 0.339 e. The van der Waals surface area contributed by atoms with E-state index in [1.54, 1.807) is 0 Å². The quantitative estimate of drug-likeness (QED) is 0.673. The van der Waals surface area contributed by atoms with E-state index < -0.39 is 0 Å². The summed E-state index contributed by atoms with van der Waals surface area (Å²) in [6.07, 6.45) is 4.70. The summed E-state index contributed by atoms with van der Waals surface area (Å²) >= 11 is 0. The number of rotatable bonds is 1. The van der Waals surface area contributed by atoms with Gasteiger partial charge >= 0.3 is 0 Å². The summed E-state index contributed by atoms with van der Waals surface area (Å²) < 4.78 is 5.05. The summed E-state index contributed by atoms with van der Waals surface area (Å²) in [5, 5.41) is 3.60. The van der Waals surface area contributed by atoms with E-state index in [0.29, 0.717) is 5.89 Å².